The number of rotatable bonds is 6. The smallest absolute Gasteiger partial charge is 0.160 e. The summed E-state index contributed by atoms with van der Waals surface area (Å²) in [4.78, 5) is 0. The van der Waals surface area contributed by atoms with Gasteiger partial charge in [-0.05, 0) is 48.2 Å². The van der Waals surface area contributed by atoms with Gasteiger partial charge in [0.15, 0.2) is 23.0 Å². The Labute approximate surface area is 130 Å². The average Bonchev–Trinajstić information content (AvgIpc) is 2.54. The first-order valence-electron chi connectivity index (χ1n) is 7.03. The van der Waals surface area contributed by atoms with Crippen molar-refractivity contribution in [1.29, 1.82) is 0 Å². The van der Waals surface area contributed by atoms with Crippen LogP contribution in [0.1, 0.15) is 17.5 Å². The third-order valence-electron chi connectivity index (χ3n) is 3.36. The fourth-order valence-corrected chi connectivity index (χ4v) is 2.15. The van der Waals surface area contributed by atoms with Crippen molar-refractivity contribution in [2.24, 2.45) is 0 Å². The van der Waals surface area contributed by atoms with Gasteiger partial charge in [-0.2, -0.15) is 0 Å². The molecule has 0 aliphatic carbocycles. The van der Waals surface area contributed by atoms with E-state index in [0.29, 0.717) is 0 Å². The Morgan fingerprint density at radius 2 is 1.68 bits per heavy atom. The first-order valence-corrected chi connectivity index (χ1v) is 7.03. The molecule has 4 heteroatoms. The van der Waals surface area contributed by atoms with Crippen molar-refractivity contribution >= 4 is 6.08 Å². The Bertz CT molecular complexity index is 662. The molecule has 0 amide bonds. The number of phenolic OH excluding ortho intramolecular Hbond substituents is 2. The Kier molecular flexibility index (Phi) is 5.31. The fourth-order valence-electron chi connectivity index (χ4n) is 2.15. The fraction of sp³-hybridized carbons (Fsp3) is 0.222. The van der Waals surface area contributed by atoms with E-state index in [4.69, 9.17) is 9.47 Å². The minimum atomic E-state index is -0.109. The van der Waals surface area contributed by atoms with Crippen molar-refractivity contribution in [3.63, 3.8) is 0 Å². The highest BCUT2D eigenvalue weighted by Gasteiger charge is 2.03. The summed E-state index contributed by atoms with van der Waals surface area (Å²) in [5, 5.41) is 18.7. The monoisotopic (exact) mass is 300 g/mol. The molecule has 22 heavy (non-hydrogen) atoms. The van der Waals surface area contributed by atoms with E-state index >= 15 is 0 Å². The van der Waals surface area contributed by atoms with E-state index < -0.39 is 0 Å². The van der Waals surface area contributed by atoms with E-state index in [1.165, 1.54) is 12.1 Å². The summed E-state index contributed by atoms with van der Waals surface area (Å²) in [6, 6.07) is 10.6. The van der Waals surface area contributed by atoms with Crippen LogP contribution in [0.15, 0.2) is 42.5 Å². The lowest BCUT2D eigenvalue weighted by atomic mass is 10.1. The molecule has 0 aliphatic rings. The second-order valence-corrected chi connectivity index (χ2v) is 4.88. The number of phenols is 2. The van der Waals surface area contributed by atoms with Crippen LogP contribution < -0.4 is 9.47 Å². The standard InChI is InChI=1S/C18H20O4/c1-21-17-10-8-14(12-18(17)22-2)6-4-3-5-13-7-9-15(19)16(20)11-13/h3,5,7-12,19-20H,4,6H2,1-2H3/b5-3+. The lowest BCUT2D eigenvalue weighted by Gasteiger charge is -2.08. The molecule has 0 aliphatic heterocycles. The summed E-state index contributed by atoms with van der Waals surface area (Å²) >= 11 is 0. The van der Waals surface area contributed by atoms with E-state index in [2.05, 4.69) is 0 Å². The number of methoxy groups -OCH3 is 2. The molecule has 0 saturated carbocycles. The van der Waals surface area contributed by atoms with Crippen molar-refractivity contribution in [2.75, 3.05) is 14.2 Å². The number of benzene rings is 2. The zero-order valence-electron chi connectivity index (χ0n) is 12.7. The molecule has 0 saturated heterocycles. The molecule has 0 atom stereocenters. The predicted octanol–water partition coefficient (Wildman–Crippen LogP) is 3.76. The van der Waals surface area contributed by atoms with Crippen molar-refractivity contribution in [3.05, 3.63) is 53.6 Å². The van der Waals surface area contributed by atoms with Gasteiger partial charge in [0.25, 0.3) is 0 Å². The van der Waals surface area contributed by atoms with Crippen LogP contribution in [0.5, 0.6) is 23.0 Å². The molecule has 0 spiro atoms. The van der Waals surface area contributed by atoms with Crippen molar-refractivity contribution in [3.8, 4) is 23.0 Å². The normalized spacial score (nSPS) is 10.8. The second-order valence-electron chi connectivity index (χ2n) is 4.88. The van der Waals surface area contributed by atoms with Crippen molar-refractivity contribution < 1.29 is 19.7 Å². The maximum absolute atomic E-state index is 9.43. The molecular formula is C18H20O4. The largest absolute Gasteiger partial charge is 0.504 e. The van der Waals surface area contributed by atoms with Crippen LogP contribution in [0.2, 0.25) is 0 Å². The van der Waals surface area contributed by atoms with Gasteiger partial charge in [-0.15, -0.1) is 0 Å². The van der Waals surface area contributed by atoms with Gasteiger partial charge >= 0.3 is 0 Å². The van der Waals surface area contributed by atoms with Gasteiger partial charge in [-0.1, -0.05) is 24.3 Å². The van der Waals surface area contributed by atoms with Gasteiger partial charge in [0.1, 0.15) is 0 Å². The summed E-state index contributed by atoms with van der Waals surface area (Å²) in [5.41, 5.74) is 2.01. The number of hydrogen-bond acceptors (Lipinski definition) is 4. The van der Waals surface area contributed by atoms with Crippen LogP contribution in [0.4, 0.5) is 0 Å². The third kappa shape index (κ3) is 3.95. The van der Waals surface area contributed by atoms with E-state index in [1.54, 1.807) is 20.3 Å². The molecule has 2 N–H and O–H groups in total. The number of aryl methyl sites for hydroxylation is 1. The molecule has 4 nitrogen and oxygen atoms in total. The minimum Gasteiger partial charge on any atom is -0.504 e. The van der Waals surface area contributed by atoms with Crippen LogP contribution in [0.25, 0.3) is 6.08 Å². The molecule has 2 aromatic rings. The zero-order chi connectivity index (χ0) is 15.9. The minimum absolute atomic E-state index is 0.109. The van der Waals surface area contributed by atoms with Gasteiger partial charge in [-0.25, -0.2) is 0 Å². The van der Waals surface area contributed by atoms with Gasteiger partial charge in [0, 0.05) is 0 Å². The van der Waals surface area contributed by atoms with Crippen molar-refractivity contribution in [2.45, 2.75) is 12.8 Å². The maximum Gasteiger partial charge on any atom is 0.160 e. The Hall–Kier alpha value is -2.62. The van der Waals surface area contributed by atoms with Gasteiger partial charge in [0.2, 0.25) is 0 Å². The van der Waals surface area contributed by atoms with Crippen LogP contribution in [0.3, 0.4) is 0 Å². The highest BCUT2D eigenvalue weighted by Crippen LogP contribution is 2.28. The molecule has 0 heterocycles. The molecule has 2 aromatic carbocycles. The molecule has 0 bridgehead atoms. The molecule has 0 aromatic heterocycles. The number of ether oxygens (including phenoxy) is 2. The molecule has 0 radical (unpaired) electrons. The van der Waals surface area contributed by atoms with E-state index in [1.807, 2.05) is 30.4 Å². The first kappa shape index (κ1) is 15.8. The number of aromatic hydroxyl groups is 2. The number of allylic oxidation sites excluding steroid dienone is 1. The lowest BCUT2D eigenvalue weighted by molar-refractivity contribution is 0.354. The SMILES string of the molecule is COc1ccc(CC/C=C/c2ccc(O)c(O)c2)cc1OC. The predicted molar refractivity (Wildman–Crippen MR) is 86.7 cm³/mol. The van der Waals surface area contributed by atoms with Crippen LogP contribution >= 0.6 is 0 Å². The Balaban J connectivity index is 1.95. The van der Waals surface area contributed by atoms with Gasteiger partial charge in [-0.3, -0.25) is 0 Å². The Morgan fingerprint density at radius 3 is 2.36 bits per heavy atom. The molecular weight excluding hydrogens is 280 g/mol. The van der Waals surface area contributed by atoms with Crippen molar-refractivity contribution in [1.82, 2.24) is 0 Å². The summed E-state index contributed by atoms with van der Waals surface area (Å²) in [5.74, 6) is 1.23. The van der Waals surface area contributed by atoms with E-state index in [-0.39, 0.29) is 11.5 Å². The average molecular weight is 300 g/mol. The number of hydrogen-bond donors (Lipinski definition) is 2. The summed E-state index contributed by atoms with van der Waals surface area (Å²) in [6.07, 6.45) is 5.68. The summed E-state index contributed by atoms with van der Waals surface area (Å²) in [6.45, 7) is 0. The van der Waals surface area contributed by atoms with Crippen LogP contribution in [-0.4, -0.2) is 24.4 Å². The second kappa shape index (κ2) is 7.41. The highest BCUT2D eigenvalue weighted by atomic mass is 16.5. The molecule has 0 fully saturated rings. The third-order valence-corrected chi connectivity index (χ3v) is 3.36. The molecule has 0 unspecified atom stereocenters. The lowest BCUT2D eigenvalue weighted by Crippen LogP contribution is -1.92. The zero-order valence-corrected chi connectivity index (χ0v) is 12.7. The van der Waals surface area contributed by atoms with Gasteiger partial charge < -0.3 is 19.7 Å². The maximum atomic E-state index is 9.43. The molecule has 2 rings (SSSR count). The first-order chi connectivity index (χ1) is 10.6. The molecule has 116 valence electrons. The van der Waals surface area contributed by atoms with Crippen LogP contribution in [0, 0.1) is 0 Å². The highest BCUT2D eigenvalue weighted by molar-refractivity contribution is 5.55. The summed E-state index contributed by atoms with van der Waals surface area (Å²) < 4.78 is 10.5. The van der Waals surface area contributed by atoms with Crippen LogP contribution in [-0.2, 0) is 6.42 Å². The topological polar surface area (TPSA) is 58.9 Å². The summed E-state index contributed by atoms with van der Waals surface area (Å²) in [7, 11) is 3.24. The Morgan fingerprint density at radius 1 is 0.909 bits per heavy atom. The quantitative estimate of drug-likeness (QED) is 0.797. The van der Waals surface area contributed by atoms with E-state index in [9.17, 15) is 10.2 Å². The van der Waals surface area contributed by atoms with E-state index in [0.717, 1.165) is 35.5 Å². The van der Waals surface area contributed by atoms with Gasteiger partial charge in [0.05, 0.1) is 14.2 Å².